The lowest BCUT2D eigenvalue weighted by Crippen LogP contribution is -1.81. The van der Waals surface area contributed by atoms with Crippen molar-refractivity contribution in [2.24, 2.45) is 0 Å². The van der Waals surface area contributed by atoms with Gasteiger partial charge in [-0.3, -0.25) is 9.59 Å². The van der Waals surface area contributed by atoms with Crippen LogP contribution in [0.5, 0.6) is 0 Å². The molecular formula is C18H18O2. The van der Waals surface area contributed by atoms with Gasteiger partial charge in [-0.15, -0.1) is 0 Å². The van der Waals surface area contributed by atoms with Gasteiger partial charge in [-0.2, -0.15) is 0 Å². The van der Waals surface area contributed by atoms with Gasteiger partial charge in [0.2, 0.25) is 0 Å². The number of carbonyl (C=O) groups is 2. The zero-order valence-corrected chi connectivity index (χ0v) is 11.5. The van der Waals surface area contributed by atoms with Crippen LogP contribution in [0.25, 0.3) is 6.08 Å². The van der Waals surface area contributed by atoms with Crippen LogP contribution in [0.4, 0.5) is 0 Å². The molecule has 0 amide bonds. The molecule has 0 N–H and O–H groups in total. The van der Waals surface area contributed by atoms with Crippen LogP contribution < -0.4 is 0 Å². The molecule has 2 aromatic rings. The molecule has 0 aliphatic heterocycles. The third-order valence-corrected chi connectivity index (χ3v) is 2.69. The Morgan fingerprint density at radius 2 is 1.50 bits per heavy atom. The molecule has 2 aromatic carbocycles. The fourth-order valence-corrected chi connectivity index (χ4v) is 1.55. The summed E-state index contributed by atoms with van der Waals surface area (Å²) in [4.78, 5) is 20.1. The lowest BCUT2D eigenvalue weighted by atomic mass is 10.1. The van der Waals surface area contributed by atoms with Crippen LogP contribution in [0, 0.1) is 0 Å². The minimum Gasteiger partial charge on any atom is -0.299 e. The SMILES string of the molecule is CCc1ccc(C=O)cc1.O=CC=Cc1ccccc1. The van der Waals surface area contributed by atoms with Crippen molar-refractivity contribution in [3.8, 4) is 0 Å². The van der Waals surface area contributed by atoms with Gasteiger partial charge < -0.3 is 0 Å². The van der Waals surface area contributed by atoms with E-state index in [1.807, 2.05) is 54.6 Å². The minimum atomic E-state index is 0.747. The van der Waals surface area contributed by atoms with E-state index >= 15 is 0 Å². The van der Waals surface area contributed by atoms with E-state index in [1.165, 1.54) is 11.6 Å². The van der Waals surface area contributed by atoms with Crippen LogP contribution in [-0.4, -0.2) is 12.6 Å². The second-order valence-electron chi connectivity index (χ2n) is 4.12. The van der Waals surface area contributed by atoms with Gasteiger partial charge in [-0.25, -0.2) is 0 Å². The third-order valence-electron chi connectivity index (χ3n) is 2.69. The lowest BCUT2D eigenvalue weighted by Gasteiger charge is -1.93. The van der Waals surface area contributed by atoms with E-state index in [9.17, 15) is 9.59 Å². The number of hydrogen-bond donors (Lipinski definition) is 0. The molecular weight excluding hydrogens is 248 g/mol. The Hall–Kier alpha value is -2.48. The zero-order chi connectivity index (χ0) is 14.6. The van der Waals surface area contributed by atoms with Crippen LogP contribution in [0.15, 0.2) is 60.7 Å². The van der Waals surface area contributed by atoms with E-state index in [-0.39, 0.29) is 0 Å². The molecule has 2 nitrogen and oxygen atoms in total. The summed E-state index contributed by atoms with van der Waals surface area (Å²) in [6, 6.07) is 17.3. The molecule has 0 radical (unpaired) electrons. The maximum Gasteiger partial charge on any atom is 0.150 e. The van der Waals surface area contributed by atoms with E-state index in [0.717, 1.165) is 30.1 Å². The monoisotopic (exact) mass is 266 g/mol. The zero-order valence-electron chi connectivity index (χ0n) is 11.5. The van der Waals surface area contributed by atoms with Crippen molar-refractivity contribution in [1.29, 1.82) is 0 Å². The summed E-state index contributed by atoms with van der Waals surface area (Å²) in [7, 11) is 0. The number of aldehydes is 2. The van der Waals surface area contributed by atoms with Crippen LogP contribution in [0.2, 0.25) is 0 Å². The number of rotatable bonds is 4. The van der Waals surface area contributed by atoms with Gasteiger partial charge >= 0.3 is 0 Å². The number of hydrogen-bond acceptors (Lipinski definition) is 2. The molecule has 0 heterocycles. The molecule has 0 spiro atoms. The Labute approximate surface area is 119 Å². The van der Waals surface area contributed by atoms with E-state index in [1.54, 1.807) is 6.08 Å². The molecule has 0 fully saturated rings. The molecule has 0 aliphatic carbocycles. The van der Waals surface area contributed by atoms with Gasteiger partial charge in [0.25, 0.3) is 0 Å². The normalized spacial score (nSPS) is 9.65. The van der Waals surface area contributed by atoms with Gasteiger partial charge in [-0.05, 0) is 23.6 Å². The summed E-state index contributed by atoms with van der Waals surface area (Å²) in [5.74, 6) is 0. The standard InChI is InChI=1S/C9H10O.C9H8O/c1-2-8-3-5-9(7-10)6-4-8;10-8-4-7-9-5-2-1-3-6-9/h3-7H,2H2,1H3;1-8H. The van der Waals surface area contributed by atoms with E-state index < -0.39 is 0 Å². The predicted octanol–water partition coefficient (Wildman–Crippen LogP) is 3.96. The maximum atomic E-state index is 10.2. The van der Waals surface area contributed by atoms with E-state index in [0.29, 0.717) is 0 Å². The maximum absolute atomic E-state index is 10.2. The summed E-state index contributed by atoms with van der Waals surface area (Å²) < 4.78 is 0. The van der Waals surface area contributed by atoms with Gasteiger partial charge in [0, 0.05) is 5.56 Å². The first-order chi connectivity index (χ1) is 9.80. The van der Waals surface area contributed by atoms with Crippen molar-refractivity contribution in [1.82, 2.24) is 0 Å². The molecule has 0 aromatic heterocycles. The quantitative estimate of drug-likeness (QED) is 0.620. The molecule has 0 saturated heterocycles. The smallest absolute Gasteiger partial charge is 0.150 e. The molecule has 0 atom stereocenters. The highest BCUT2D eigenvalue weighted by Gasteiger charge is 1.88. The number of carbonyl (C=O) groups excluding carboxylic acids is 2. The van der Waals surface area contributed by atoms with Crippen molar-refractivity contribution in [2.45, 2.75) is 13.3 Å². The highest BCUT2D eigenvalue weighted by Crippen LogP contribution is 2.02. The molecule has 0 unspecified atom stereocenters. The van der Waals surface area contributed by atoms with Gasteiger partial charge in [-0.1, -0.05) is 67.6 Å². The van der Waals surface area contributed by atoms with Crippen LogP contribution >= 0.6 is 0 Å². The number of aryl methyl sites for hydroxylation is 1. The van der Waals surface area contributed by atoms with Gasteiger partial charge in [0.1, 0.15) is 12.6 Å². The summed E-state index contributed by atoms with van der Waals surface area (Å²) in [5, 5.41) is 0. The lowest BCUT2D eigenvalue weighted by molar-refractivity contribution is -0.104. The Morgan fingerprint density at radius 1 is 0.850 bits per heavy atom. The summed E-state index contributed by atoms with van der Waals surface area (Å²) in [6.07, 6.45) is 5.91. The molecule has 102 valence electrons. The van der Waals surface area contributed by atoms with Crippen molar-refractivity contribution >= 4 is 18.6 Å². The fourth-order valence-electron chi connectivity index (χ4n) is 1.55. The van der Waals surface area contributed by atoms with E-state index in [2.05, 4.69) is 6.92 Å². The number of benzene rings is 2. The van der Waals surface area contributed by atoms with Crippen molar-refractivity contribution in [3.63, 3.8) is 0 Å². The molecule has 2 heteroatoms. The molecule has 20 heavy (non-hydrogen) atoms. The first-order valence-electron chi connectivity index (χ1n) is 6.51. The Kier molecular flexibility index (Phi) is 7.36. The van der Waals surface area contributed by atoms with Crippen LogP contribution in [-0.2, 0) is 11.2 Å². The molecule has 0 aliphatic rings. The van der Waals surface area contributed by atoms with Gasteiger partial charge in [0.05, 0.1) is 0 Å². The Morgan fingerprint density at radius 3 is 2.00 bits per heavy atom. The van der Waals surface area contributed by atoms with Crippen molar-refractivity contribution in [2.75, 3.05) is 0 Å². The second kappa shape index (κ2) is 9.45. The molecule has 2 rings (SSSR count). The Balaban J connectivity index is 0.000000200. The highest BCUT2D eigenvalue weighted by atomic mass is 16.1. The largest absolute Gasteiger partial charge is 0.299 e. The summed E-state index contributed by atoms with van der Waals surface area (Å²) >= 11 is 0. The Bertz CT molecular complexity index is 539. The first kappa shape index (κ1) is 15.6. The van der Waals surface area contributed by atoms with E-state index in [4.69, 9.17) is 0 Å². The highest BCUT2D eigenvalue weighted by molar-refractivity contribution is 5.74. The minimum absolute atomic E-state index is 0.747. The second-order valence-corrected chi connectivity index (χ2v) is 4.12. The average molecular weight is 266 g/mol. The average Bonchev–Trinajstić information content (AvgIpc) is 2.54. The predicted molar refractivity (Wildman–Crippen MR) is 82.7 cm³/mol. The van der Waals surface area contributed by atoms with Gasteiger partial charge in [0.15, 0.2) is 0 Å². The van der Waals surface area contributed by atoms with Crippen molar-refractivity contribution in [3.05, 3.63) is 77.4 Å². The molecule has 0 saturated carbocycles. The summed E-state index contributed by atoms with van der Waals surface area (Å²) in [5.41, 5.74) is 3.07. The van der Waals surface area contributed by atoms with Crippen LogP contribution in [0.1, 0.15) is 28.4 Å². The third kappa shape index (κ3) is 5.91. The molecule has 0 bridgehead atoms. The van der Waals surface area contributed by atoms with Crippen molar-refractivity contribution < 1.29 is 9.59 Å². The topological polar surface area (TPSA) is 34.1 Å². The summed E-state index contributed by atoms with van der Waals surface area (Å²) in [6.45, 7) is 2.09. The fraction of sp³-hybridized carbons (Fsp3) is 0.111. The van der Waals surface area contributed by atoms with Crippen LogP contribution in [0.3, 0.4) is 0 Å². The first-order valence-corrected chi connectivity index (χ1v) is 6.51. The number of allylic oxidation sites excluding steroid dienone is 1.